The van der Waals surface area contributed by atoms with Gasteiger partial charge >= 0.3 is 0 Å². The molecule has 6 nitrogen and oxygen atoms in total. The molecule has 0 spiro atoms. The van der Waals surface area contributed by atoms with Crippen molar-refractivity contribution < 1.29 is 17.6 Å². The summed E-state index contributed by atoms with van der Waals surface area (Å²) in [5, 5.41) is 5.72. The maximum Gasteiger partial charge on any atom is 0.255 e. The minimum Gasteiger partial charge on any atom is -0.272 e. The van der Waals surface area contributed by atoms with E-state index in [9.17, 15) is 17.6 Å². The Morgan fingerprint density at radius 3 is 2.53 bits per heavy atom. The largest absolute Gasteiger partial charge is 0.272 e. The van der Waals surface area contributed by atoms with Gasteiger partial charge in [-0.25, -0.2) is 18.2 Å². The molecule has 1 heterocycles. The first-order valence-corrected chi connectivity index (χ1v) is 11.3. The van der Waals surface area contributed by atoms with Crippen molar-refractivity contribution in [2.24, 2.45) is 5.10 Å². The second-order valence-corrected chi connectivity index (χ2v) is 9.40. The molecule has 0 aliphatic heterocycles. The van der Waals surface area contributed by atoms with E-state index in [2.05, 4.69) is 10.5 Å². The molecule has 9 heteroatoms. The van der Waals surface area contributed by atoms with Crippen LogP contribution in [0.4, 0.5) is 4.39 Å². The number of halogens is 1. The lowest BCUT2D eigenvalue weighted by Gasteiger charge is -2.22. The summed E-state index contributed by atoms with van der Waals surface area (Å²) in [6.45, 7) is 1.05. The number of nitrogens with one attached hydrogen (secondary N) is 1. The molecule has 0 radical (unpaired) electrons. The fourth-order valence-electron chi connectivity index (χ4n) is 2.63. The third-order valence-electron chi connectivity index (χ3n) is 4.21. The molecule has 0 saturated heterocycles. The zero-order valence-electron chi connectivity index (χ0n) is 16.2. The van der Waals surface area contributed by atoms with Gasteiger partial charge in [0, 0.05) is 17.0 Å². The maximum absolute atomic E-state index is 14.1. The molecule has 1 N–H and O–H groups in total. The highest BCUT2D eigenvalue weighted by molar-refractivity contribution is 7.89. The molecule has 3 rings (SSSR count). The molecule has 0 aliphatic carbocycles. The molecule has 0 bridgehead atoms. The van der Waals surface area contributed by atoms with Gasteiger partial charge in [-0.1, -0.05) is 42.0 Å². The number of hydrazone groups is 1. The number of carbonyl (C=O) groups excluding carboxylic acids is 1. The van der Waals surface area contributed by atoms with Gasteiger partial charge in [-0.2, -0.15) is 9.41 Å². The maximum atomic E-state index is 14.1. The van der Waals surface area contributed by atoms with Crippen LogP contribution in [0, 0.1) is 12.7 Å². The molecule has 0 fully saturated rings. The van der Waals surface area contributed by atoms with Gasteiger partial charge in [0.05, 0.1) is 17.7 Å². The van der Waals surface area contributed by atoms with Crippen LogP contribution in [-0.2, 0) is 21.4 Å². The topological polar surface area (TPSA) is 78.8 Å². The molecule has 0 unspecified atom stereocenters. The molecule has 1 amide bonds. The molecule has 30 heavy (non-hydrogen) atoms. The fourth-order valence-corrected chi connectivity index (χ4v) is 4.59. The van der Waals surface area contributed by atoms with E-state index < -0.39 is 28.3 Å². The van der Waals surface area contributed by atoms with Gasteiger partial charge < -0.3 is 0 Å². The van der Waals surface area contributed by atoms with E-state index in [4.69, 9.17) is 0 Å². The van der Waals surface area contributed by atoms with E-state index in [-0.39, 0.29) is 17.0 Å². The molecular formula is C21H20FN3O3S2. The smallest absolute Gasteiger partial charge is 0.255 e. The molecule has 0 aliphatic rings. The van der Waals surface area contributed by atoms with Crippen molar-refractivity contribution in [3.8, 4) is 0 Å². The van der Waals surface area contributed by atoms with Crippen molar-refractivity contribution >= 4 is 33.5 Å². The number of hydrogen-bond donors (Lipinski definition) is 1. The van der Waals surface area contributed by atoms with Crippen molar-refractivity contribution in [1.29, 1.82) is 0 Å². The van der Waals surface area contributed by atoms with Gasteiger partial charge in [0.15, 0.2) is 0 Å². The number of rotatable bonds is 8. The number of amides is 1. The van der Waals surface area contributed by atoms with Crippen molar-refractivity contribution in [3.05, 3.63) is 87.9 Å². The molecular weight excluding hydrogens is 425 g/mol. The van der Waals surface area contributed by atoms with Crippen molar-refractivity contribution in [3.63, 3.8) is 0 Å². The van der Waals surface area contributed by atoms with Crippen LogP contribution < -0.4 is 5.43 Å². The van der Waals surface area contributed by atoms with Crippen LogP contribution in [-0.4, -0.2) is 31.4 Å². The number of nitrogens with zero attached hydrogens (tertiary/aromatic N) is 2. The molecule has 0 atom stereocenters. The quantitative estimate of drug-likeness (QED) is 0.426. The minimum atomic E-state index is -4.04. The monoisotopic (exact) mass is 445 g/mol. The lowest BCUT2D eigenvalue weighted by atomic mass is 10.2. The lowest BCUT2D eigenvalue weighted by Crippen LogP contribution is -2.39. The van der Waals surface area contributed by atoms with E-state index in [1.165, 1.54) is 47.9 Å². The third-order valence-corrected chi connectivity index (χ3v) is 6.82. The summed E-state index contributed by atoms with van der Waals surface area (Å²) >= 11 is 1.45. The summed E-state index contributed by atoms with van der Waals surface area (Å²) in [6.07, 6.45) is 1.47. The third kappa shape index (κ3) is 5.59. The zero-order valence-corrected chi connectivity index (χ0v) is 17.8. The highest BCUT2D eigenvalue weighted by Crippen LogP contribution is 2.20. The van der Waals surface area contributed by atoms with E-state index in [0.717, 1.165) is 14.7 Å². The normalized spacial score (nSPS) is 11.8. The Labute approximate surface area is 178 Å². The van der Waals surface area contributed by atoms with Crippen LogP contribution in [0.15, 0.2) is 76.0 Å². The van der Waals surface area contributed by atoms with Gasteiger partial charge in [0.25, 0.3) is 5.91 Å². The first-order chi connectivity index (χ1) is 14.4. The predicted molar refractivity (Wildman–Crippen MR) is 115 cm³/mol. The fraction of sp³-hybridized carbons (Fsp3) is 0.143. The number of carbonyl (C=O) groups is 1. The number of sulfonamides is 1. The van der Waals surface area contributed by atoms with Crippen LogP contribution >= 0.6 is 11.3 Å². The van der Waals surface area contributed by atoms with Crippen molar-refractivity contribution in [2.45, 2.75) is 18.4 Å². The number of aryl methyl sites for hydroxylation is 1. The summed E-state index contributed by atoms with van der Waals surface area (Å²) in [5.74, 6) is -1.17. The van der Waals surface area contributed by atoms with Crippen molar-refractivity contribution in [1.82, 2.24) is 9.73 Å². The lowest BCUT2D eigenvalue weighted by molar-refractivity contribution is -0.121. The number of hydrogen-bond acceptors (Lipinski definition) is 5. The first kappa shape index (κ1) is 21.8. The van der Waals surface area contributed by atoms with E-state index >= 15 is 0 Å². The molecule has 1 aromatic heterocycles. The van der Waals surface area contributed by atoms with Crippen molar-refractivity contribution in [2.75, 3.05) is 6.54 Å². The predicted octanol–water partition coefficient (Wildman–Crippen LogP) is 3.54. The van der Waals surface area contributed by atoms with Gasteiger partial charge in [-0.15, -0.1) is 11.3 Å². The Balaban J connectivity index is 1.82. The van der Waals surface area contributed by atoms with E-state index in [1.54, 1.807) is 18.2 Å². The standard InChI is InChI=1S/C21H20FN3O3S2/c1-16-8-10-19(11-9-16)30(27,28)25(14-17-5-2-3-7-20(17)22)15-21(26)24-23-13-18-6-4-12-29-18/h2-13H,14-15H2,1H3,(H,24,26)/b23-13-. The van der Waals surface area contributed by atoms with Crippen LogP contribution in [0.3, 0.4) is 0 Å². The number of benzene rings is 2. The summed E-state index contributed by atoms with van der Waals surface area (Å²) in [5.41, 5.74) is 3.39. The van der Waals surface area contributed by atoms with Gasteiger partial charge in [0.2, 0.25) is 10.0 Å². The molecule has 0 saturated carbocycles. The van der Waals surface area contributed by atoms with E-state index in [0.29, 0.717) is 0 Å². The van der Waals surface area contributed by atoms with Crippen LogP contribution in [0.2, 0.25) is 0 Å². The highest BCUT2D eigenvalue weighted by atomic mass is 32.2. The van der Waals surface area contributed by atoms with Crippen LogP contribution in [0.1, 0.15) is 16.0 Å². The number of thiophene rings is 1. The minimum absolute atomic E-state index is 0.0272. The average Bonchev–Trinajstić information content (AvgIpc) is 3.23. The molecule has 156 valence electrons. The van der Waals surface area contributed by atoms with Crippen LogP contribution in [0.25, 0.3) is 0 Å². The second-order valence-electron chi connectivity index (χ2n) is 6.49. The Morgan fingerprint density at radius 2 is 1.87 bits per heavy atom. The van der Waals surface area contributed by atoms with Gasteiger partial charge in [0.1, 0.15) is 5.82 Å². The molecule has 3 aromatic rings. The zero-order chi connectivity index (χ0) is 21.6. The average molecular weight is 446 g/mol. The Morgan fingerprint density at radius 1 is 1.13 bits per heavy atom. The summed E-state index contributed by atoms with van der Waals surface area (Å²) in [4.78, 5) is 13.2. The van der Waals surface area contributed by atoms with Gasteiger partial charge in [-0.05, 0) is 36.6 Å². The molecule has 2 aromatic carbocycles. The highest BCUT2D eigenvalue weighted by Gasteiger charge is 2.27. The SMILES string of the molecule is Cc1ccc(S(=O)(=O)N(CC(=O)N/N=C\c2cccs2)Cc2ccccc2F)cc1. The Hall–Kier alpha value is -2.88. The van der Waals surface area contributed by atoms with Crippen LogP contribution in [0.5, 0.6) is 0 Å². The van der Waals surface area contributed by atoms with E-state index in [1.807, 2.05) is 24.4 Å². The summed E-state index contributed by atoms with van der Waals surface area (Å²) in [7, 11) is -4.04. The summed E-state index contributed by atoms with van der Waals surface area (Å²) in [6, 6.07) is 15.8. The second kappa shape index (κ2) is 9.75. The Kier molecular flexibility index (Phi) is 7.09. The van der Waals surface area contributed by atoms with Gasteiger partial charge in [-0.3, -0.25) is 4.79 Å². The summed E-state index contributed by atoms with van der Waals surface area (Å²) < 4.78 is 41.4. The Bertz CT molecular complexity index is 1130. The first-order valence-electron chi connectivity index (χ1n) is 9.02.